The van der Waals surface area contributed by atoms with Crippen LogP contribution in [-0.2, 0) is 19.1 Å². The summed E-state index contributed by atoms with van der Waals surface area (Å²) in [6, 6.07) is 3.28. The Morgan fingerprint density at radius 3 is 2.48 bits per heavy atom. The van der Waals surface area contributed by atoms with Crippen molar-refractivity contribution in [3.63, 3.8) is 0 Å². The number of anilines is 1. The molecule has 0 aliphatic carbocycles. The minimum Gasteiger partial charge on any atom is -0.464 e. The standard InChI is InChI=1S/C13H9FN4O5/c1-23-13(21)9-8-10(18(15-9)16-22)12(20)17(11(8)19)7-4-2-6(14)3-5-7/h2-5,8,10H,1H3/t8-,10-/m0/s1. The Morgan fingerprint density at radius 2 is 1.91 bits per heavy atom. The Kier molecular flexibility index (Phi) is 3.36. The molecule has 2 aliphatic rings. The van der Waals surface area contributed by atoms with Gasteiger partial charge in [-0.3, -0.25) is 9.59 Å². The largest absolute Gasteiger partial charge is 0.464 e. The summed E-state index contributed by atoms with van der Waals surface area (Å²) in [5, 5.41) is 6.60. The van der Waals surface area contributed by atoms with E-state index in [2.05, 4.69) is 15.1 Å². The topological polar surface area (TPSA) is 109 Å². The highest BCUT2D eigenvalue weighted by Gasteiger charge is 2.59. The molecule has 2 atom stereocenters. The molecule has 0 aromatic heterocycles. The number of carbonyl (C=O) groups excluding carboxylic acids is 3. The van der Waals surface area contributed by atoms with E-state index in [1.165, 1.54) is 12.1 Å². The van der Waals surface area contributed by atoms with Crippen LogP contribution in [0.3, 0.4) is 0 Å². The summed E-state index contributed by atoms with van der Waals surface area (Å²) in [5.41, 5.74) is -0.258. The third kappa shape index (κ3) is 2.06. The second kappa shape index (κ2) is 5.23. The summed E-state index contributed by atoms with van der Waals surface area (Å²) < 4.78 is 17.5. The van der Waals surface area contributed by atoms with E-state index in [0.717, 1.165) is 24.1 Å². The number of nitroso groups, excluding NO2 is 1. The van der Waals surface area contributed by atoms with Crippen molar-refractivity contribution in [3.05, 3.63) is 35.0 Å². The van der Waals surface area contributed by atoms with Gasteiger partial charge in [0.05, 0.1) is 18.1 Å². The lowest BCUT2D eigenvalue weighted by Gasteiger charge is -2.16. The number of imide groups is 1. The van der Waals surface area contributed by atoms with Crippen molar-refractivity contribution >= 4 is 29.2 Å². The van der Waals surface area contributed by atoms with Crippen molar-refractivity contribution < 1.29 is 23.5 Å². The first kappa shape index (κ1) is 14.8. The van der Waals surface area contributed by atoms with Crippen molar-refractivity contribution in [1.29, 1.82) is 0 Å². The second-order valence-electron chi connectivity index (χ2n) is 4.79. The second-order valence-corrected chi connectivity index (χ2v) is 4.79. The molecule has 1 fully saturated rings. The van der Waals surface area contributed by atoms with E-state index in [0.29, 0.717) is 5.12 Å². The molecule has 0 saturated carbocycles. The summed E-state index contributed by atoms with van der Waals surface area (Å²) in [6.45, 7) is 0. The zero-order valence-corrected chi connectivity index (χ0v) is 11.7. The van der Waals surface area contributed by atoms with Crippen LogP contribution in [0, 0.1) is 16.6 Å². The van der Waals surface area contributed by atoms with Gasteiger partial charge in [0.15, 0.2) is 11.8 Å². The lowest BCUT2D eigenvalue weighted by molar-refractivity contribution is -0.133. The molecule has 2 heterocycles. The molecular formula is C13H9FN4O5. The number of hydrogen-bond acceptors (Lipinski definition) is 7. The number of benzene rings is 1. The predicted octanol–water partition coefficient (Wildman–Crippen LogP) is 0.210. The lowest BCUT2D eigenvalue weighted by Crippen LogP contribution is -2.36. The third-order valence-corrected chi connectivity index (χ3v) is 3.59. The summed E-state index contributed by atoms with van der Waals surface area (Å²) in [7, 11) is 1.08. The van der Waals surface area contributed by atoms with Gasteiger partial charge in [-0.1, -0.05) is 0 Å². The van der Waals surface area contributed by atoms with E-state index >= 15 is 0 Å². The van der Waals surface area contributed by atoms with Gasteiger partial charge in [-0.05, 0) is 24.3 Å². The summed E-state index contributed by atoms with van der Waals surface area (Å²) in [6.07, 6.45) is 0. The minimum atomic E-state index is -1.35. The van der Waals surface area contributed by atoms with Crippen molar-refractivity contribution in [3.8, 4) is 0 Å². The zero-order valence-electron chi connectivity index (χ0n) is 11.7. The average molecular weight is 320 g/mol. The number of hydrazone groups is 1. The van der Waals surface area contributed by atoms with E-state index < -0.39 is 35.6 Å². The molecule has 1 saturated heterocycles. The van der Waals surface area contributed by atoms with E-state index in [-0.39, 0.29) is 11.4 Å². The molecule has 0 N–H and O–H groups in total. The molecule has 0 spiro atoms. The van der Waals surface area contributed by atoms with Crippen molar-refractivity contribution in [2.45, 2.75) is 6.04 Å². The van der Waals surface area contributed by atoms with Crippen LogP contribution in [0.2, 0.25) is 0 Å². The van der Waals surface area contributed by atoms with Crippen LogP contribution in [0.25, 0.3) is 0 Å². The van der Waals surface area contributed by atoms with E-state index in [1.807, 2.05) is 0 Å². The number of amides is 2. The minimum absolute atomic E-state index is 0.117. The van der Waals surface area contributed by atoms with Gasteiger partial charge in [-0.2, -0.15) is 0 Å². The first-order chi connectivity index (χ1) is 11.0. The van der Waals surface area contributed by atoms with E-state index in [1.54, 1.807) is 0 Å². The van der Waals surface area contributed by atoms with Gasteiger partial charge < -0.3 is 4.74 Å². The lowest BCUT2D eigenvalue weighted by atomic mass is 9.98. The first-order valence-corrected chi connectivity index (χ1v) is 6.42. The SMILES string of the molecule is COC(=O)C1=NN(N=O)[C@@H]2C(=O)N(c3ccc(F)cc3)C(=O)[C@@H]12. The van der Waals surface area contributed by atoms with Gasteiger partial charge >= 0.3 is 5.97 Å². The number of hydrogen-bond donors (Lipinski definition) is 0. The molecule has 3 rings (SSSR count). The number of fused-ring (bicyclic) bond motifs is 1. The first-order valence-electron chi connectivity index (χ1n) is 6.42. The normalized spacial score (nSPS) is 23.0. The fourth-order valence-corrected chi connectivity index (χ4v) is 2.58. The van der Waals surface area contributed by atoms with Gasteiger partial charge in [0, 0.05) is 0 Å². The van der Waals surface area contributed by atoms with Crippen LogP contribution in [0.5, 0.6) is 0 Å². The molecule has 0 unspecified atom stereocenters. The molecule has 1 aromatic carbocycles. The highest BCUT2D eigenvalue weighted by Crippen LogP contribution is 2.35. The summed E-state index contributed by atoms with van der Waals surface area (Å²) >= 11 is 0. The van der Waals surface area contributed by atoms with E-state index in [4.69, 9.17) is 0 Å². The summed E-state index contributed by atoms with van der Waals surface area (Å²) in [4.78, 5) is 48.3. The monoisotopic (exact) mass is 320 g/mol. The highest BCUT2D eigenvalue weighted by molar-refractivity contribution is 6.46. The van der Waals surface area contributed by atoms with Crippen LogP contribution >= 0.6 is 0 Å². The maximum atomic E-state index is 13.0. The highest BCUT2D eigenvalue weighted by atomic mass is 19.1. The number of ether oxygens (including phenoxy) is 1. The number of carbonyl (C=O) groups is 3. The summed E-state index contributed by atoms with van der Waals surface area (Å²) in [5.74, 6) is -4.32. The van der Waals surface area contributed by atoms with E-state index in [9.17, 15) is 23.7 Å². The van der Waals surface area contributed by atoms with Crippen molar-refractivity contribution in [2.75, 3.05) is 12.0 Å². The third-order valence-electron chi connectivity index (χ3n) is 3.59. The van der Waals surface area contributed by atoms with Crippen molar-refractivity contribution in [1.82, 2.24) is 5.12 Å². The number of methoxy groups -OCH3 is 1. The number of rotatable bonds is 3. The number of esters is 1. The average Bonchev–Trinajstić information content (AvgIpc) is 3.05. The Morgan fingerprint density at radius 1 is 1.26 bits per heavy atom. The zero-order chi connectivity index (χ0) is 16.7. The molecule has 10 heteroatoms. The van der Waals surface area contributed by atoms with Crippen LogP contribution < -0.4 is 4.90 Å². The number of halogens is 1. The quantitative estimate of drug-likeness (QED) is 0.447. The van der Waals surface area contributed by atoms with Gasteiger partial charge in [0.1, 0.15) is 11.7 Å². The van der Waals surface area contributed by atoms with Gasteiger partial charge in [-0.25, -0.2) is 14.1 Å². The number of nitrogens with zero attached hydrogens (tertiary/aromatic N) is 4. The molecular weight excluding hydrogens is 311 g/mol. The van der Waals surface area contributed by atoms with Crippen LogP contribution in [0.4, 0.5) is 10.1 Å². The fraction of sp³-hybridized carbons (Fsp3) is 0.231. The van der Waals surface area contributed by atoms with Gasteiger partial charge in [0.25, 0.3) is 5.91 Å². The molecule has 1 aromatic rings. The smallest absolute Gasteiger partial charge is 0.355 e. The Balaban J connectivity index is 2.03. The maximum absolute atomic E-state index is 13.0. The molecule has 2 amide bonds. The molecule has 9 nitrogen and oxygen atoms in total. The van der Waals surface area contributed by atoms with Gasteiger partial charge in [-0.15, -0.1) is 15.1 Å². The predicted molar refractivity (Wildman–Crippen MR) is 73.3 cm³/mol. The van der Waals surface area contributed by atoms with Crippen LogP contribution in [-0.4, -0.2) is 41.8 Å². The molecule has 2 aliphatic heterocycles. The van der Waals surface area contributed by atoms with Crippen LogP contribution in [0.1, 0.15) is 0 Å². The Bertz CT molecular complexity index is 747. The van der Waals surface area contributed by atoms with Crippen molar-refractivity contribution in [2.24, 2.45) is 16.3 Å². The van der Waals surface area contributed by atoms with Gasteiger partial charge in [0.2, 0.25) is 5.91 Å². The molecule has 118 valence electrons. The molecule has 0 radical (unpaired) electrons. The molecule has 0 bridgehead atoms. The Hall–Kier alpha value is -3.17. The fourth-order valence-electron chi connectivity index (χ4n) is 2.58. The molecule has 23 heavy (non-hydrogen) atoms. The Labute approximate surface area is 128 Å². The van der Waals surface area contributed by atoms with Crippen LogP contribution in [0.15, 0.2) is 34.7 Å². The maximum Gasteiger partial charge on any atom is 0.355 e.